The zero-order valence-corrected chi connectivity index (χ0v) is 16.2. The van der Waals surface area contributed by atoms with E-state index >= 15 is 0 Å². The summed E-state index contributed by atoms with van der Waals surface area (Å²) in [5.41, 5.74) is 3.00. The average Bonchev–Trinajstić information content (AvgIpc) is 2.72. The summed E-state index contributed by atoms with van der Waals surface area (Å²) in [6, 6.07) is 18.4. The Morgan fingerprint density at radius 2 is 1.69 bits per heavy atom. The molecule has 0 radical (unpaired) electrons. The molecule has 0 aliphatic carbocycles. The molecule has 29 heavy (non-hydrogen) atoms. The number of hydrogen-bond acceptors (Lipinski definition) is 3. The number of benzene rings is 3. The van der Waals surface area contributed by atoms with Gasteiger partial charge in [-0.05, 0) is 78.4 Å². The van der Waals surface area contributed by atoms with Crippen LogP contribution in [0.2, 0.25) is 0 Å². The highest BCUT2D eigenvalue weighted by Crippen LogP contribution is 2.24. The van der Waals surface area contributed by atoms with Crippen LogP contribution in [0, 0.1) is 11.6 Å². The van der Waals surface area contributed by atoms with Gasteiger partial charge in [0.15, 0.2) is 6.61 Å². The monoisotopic (exact) mass is 396 g/mol. The fourth-order valence-corrected chi connectivity index (χ4v) is 3.03. The van der Waals surface area contributed by atoms with E-state index in [9.17, 15) is 13.6 Å². The lowest BCUT2D eigenvalue weighted by molar-refractivity contribution is -0.145. The van der Waals surface area contributed by atoms with E-state index in [1.807, 2.05) is 18.2 Å². The molecule has 0 bridgehead atoms. The van der Waals surface area contributed by atoms with E-state index in [2.05, 4.69) is 0 Å². The van der Waals surface area contributed by atoms with Gasteiger partial charge in [-0.1, -0.05) is 30.3 Å². The summed E-state index contributed by atoms with van der Waals surface area (Å²) >= 11 is 0. The van der Waals surface area contributed by atoms with Crippen molar-refractivity contribution in [2.75, 3.05) is 13.2 Å². The minimum atomic E-state index is -0.422. The van der Waals surface area contributed by atoms with E-state index in [0.29, 0.717) is 36.3 Å². The van der Waals surface area contributed by atoms with Gasteiger partial charge in [-0.2, -0.15) is 0 Å². The van der Waals surface area contributed by atoms with Crippen molar-refractivity contribution in [2.24, 2.45) is 0 Å². The van der Waals surface area contributed by atoms with Crippen LogP contribution in [0.5, 0.6) is 5.75 Å². The van der Waals surface area contributed by atoms with E-state index in [-0.39, 0.29) is 18.2 Å². The first-order valence-electron chi connectivity index (χ1n) is 9.47. The topological polar surface area (TPSA) is 35.5 Å². The number of esters is 1. The third-order valence-corrected chi connectivity index (χ3v) is 4.45. The van der Waals surface area contributed by atoms with Crippen molar-refractivity contribution in [1.82, 2.24) is 0 Å². The van der Waals surface area contributed by atoms with Crippen LogP contribution in [0.25, 0.3) is 11.1 Å². The standard InChI is InChI=1S/C24H22F2O3/c1-2-28-24(27)16-29-22-8-3-5-17(13-22)9-10-20-14-19(11-12-23(20)26)18-6-4-7-21(25)15-18/h3-8,11-15H,2,9-10,16H2,1H3. The molecule has 3 nitrogen and oxygen atoms in total. The van der Waals surface area contributed by atoms with Gasteiger partial charge in [0.25, 0.3) is 0 Å². The van der Waals surface area contributed by atoms with Gasteiger partial charge < -0.3 is 9.47 Å². The van der Waals surface area contributed by atoms with Crippen LogP contribution in [0.15, 0.2) is 66.7 Å². The van der Waals surface area contributed by atoms with Crippen molar-refractivity contribution in [3.05, 3.63) is 89.5 Å². The molecule has 0 fully saturated rings. The normalized spacial score (nSPS) is 10.6. The Labute approximate surface area is 168 Å². The maximum absolute atomic E-state index is 14.3. The molecule has 0 aliphatic rings. The summed E-state index contributed by atoms with van der Waals surface area (Å²) < 4.78 is 38.0. The third-order valence-electron chi connectivity index (χ3n) is 4.45. The summed E-state index contributed by atoms with van der Waals surface area (Å²) in [5, 5.41) is 0. The second kappa shape index (κ2) is 9.82. The van der Waals surface area contributed by atoms with Crippen molar-refractivity contribution in [1.29, 1.82) is 0 Å². The van der Waals surface area contributed by atoms with Crippen LogP contribution in [0.4, 0.5) is 8.78 Å². The van der Waals surface area contributed by atoms with Crippen molar-refractivity contribution in [3.8, 4) is 16.9 Å². The molecule has 3 aromatic carbocycles. The van der Waals surface area contributed by atoms with Gasteiger partial charge in [-0.15, -0.1) is 0 Å². The second-order valence-electron chi connectivity index (χ2n) is 6.56. The maximum Gasteiger partial charge on any atom is 0.344 e. The number of halogens is 2. The van der Waals surface area contributed by atoms with Crippen molar-refractivity contribution >= 4 is 5.97 Å². The smallest absolute Gasteiger partial charge is 0.344 e. The van der Waals surface area contributed by atoms with Crippen LogP contribution >= 0.6 is 0 Å². The molecule has 0 amide bonds. The van der Waals surface area contributed by atoms with Crippen LogP contribution < -0.4 is 4.74 Å². The SMILES string of the molecule is CCOC(=O)COc1cccc(CCc2cc(-c3cccc(F)c3)ccc2F)c1. The molecule has 0 saturated carbocycles. The van der Waals surface area contributed by atoms with E-state index in [1.165, 1.54) is 18.2 Å². The minimum absolute atomic E-state index is 0.151. The Balaban J connectivity index is 1.67. The van der Waals surface area contributed by atoms with Crippen molar-refractivity contribution in [2.45, 2.75) is 19.8 Å². The molecule has 3 aromatic rings. The summed E-state index contributed by atoms with van der Waals surface area (Å²) in [4.78, 5) is 11.4. The number of aryl methyl sites for hydroxylation is 2. The molecule has 0 heterocycles. The van der Waals surface area contributed by atoms with Gasteiger partial charge >= 0.3 is 5.97 Å². The zero-order chi connectivity index (χ0) is 20.6. The largest absolute Gasteiger partial charge is 0.482 e. The van der Waals surface area contributed by atoms with Gasteiger partial charge in [-0.25, -0.2) is 13.6 Å². The predicted molar refractivity (Wildman–Crippen MR) is 108 cm³/mol. The number of carbonyl (C=O) groups is 1. The molecule has 0 aliphatic heterocycles. The molecule has 0 N–H and O–H groups in total. The molecular formula is C24H22F2O3. The Hall–Kier alpha value is -3.21. The quantitative estimate of drug-likeness (QED) is 0.481. The summed E-state index contributed by atoms with van der Waals surface area (Å²) in [5.74, 6) is -0.480. The summed E-state index contributed by atoms with van der Waals surface area (Å²) in [6.07, 6.45) is 1.08. The van der Waals surface area contributed by atoms with Crippen LogP contribution in [0.1, 0.15) is 18.1 Å². The predicted octanol–water partition coefficient (Wildman–Crippen LogP) is 5.36. The average molecular weight is 396 g/mol. The minimum Gasteiger partial charge on any atom is -0.482 e. The van der Waals surface area contributed by atoms with Gasteiger partial charge in [0.1, 0.15) is 17.4 Å². The van der Waals surface area contributed by atoms with E-state index in [1.54, 1.807) is 37.3 Å². The van der Waals surface area contributed by atoms with E-state index in [4.69, 9.17) is 9.47 Å². The van der Waals surface area contributed by atoms with Crippen LogP contribution in [-0.4, -0.2) is 19.2 Å². The molecule has 5 heteroatoms. The second-order valence-corrected chi connectivity index (χ2v) is 6.56. The lowest BCUT2D eigenvalue weighted by Gasteiger charge is -2.10. The highest BCUT2D eigenvalue weighted by Gasteiger charge is 2.08. The Bertz CT molecular complexity index is 985. The molecule has 0 saturated heterocycles. The number of ether oxygens (including phenoxy) is 2. The third kappa shape index (κ3) is 5.88. The fourth-order valence-electron chi connectivity index (χ4n) is 3.03. The van der Waals surface area contributed by atoms with E-state index in [0.717, 1.165) is 11.1 Å². The Kier molecular flexibility index (Phi) is 6.95. The number of carbonyl (C=O) groups excluding carboxylic acids is 1. The van der Waals surface area contributed by atoms with Crippen molar-refractivity contribution < 1.29 is 23.0 Å². The molecule has 3 rings (SSSR count). The Morgan fingerprint density at radius 1 is 0.897 bits per heavy atom. The molecule has 0 aromatic heterocycles. The lowest BCUT2D eigenvalue weighted by Crippen LogP contribution is -2.14. The van der Waals surface area contributed by atoms with Crippen LogP contribution in [-0.2, 0) is 22.4 Å². The molecule has 0 unspecified atom stereocenters. The van der Waals surface area contributed by atoms with Gasteiger partial charge in [-0.3, -0.25) is 0 Å². The highest BCUT2D eigenvalue weighted by atomic mass is 19.1. The first-order valence-corrected chi connectivity index (χ1v) is 9.47. The molecule has 0 spiro atoms. The first kappa shape index (κ1) is 20.5. The van der Waals surface area contributed by atoms with E-state index < -0.39 is 5.97 Å². The molecule has 0 atom stereocenters. The fraction of sp³-hybridized carbons (Fsp3) is 0.208. The van der Waals surface area contributed by atoms with Gasteiger partial charge in [0.05, 0.1) is 6.61 Å². The Morgan fingerprint density at radius 3 is 2.48 bits per heavy atom. The maximum atomic E-state index is 14.3. The zero-order valence-electron chi connectivity index (χ0n) is 16.2. The molecular weight excluding hydrogens is 374 g/mol. The van der Waals surface area contributed by atoms with Gasteiger partial charge in [0.2, 0.25) is 0 Å². The summed E-state index contributed by atoms with van der Waals surface area (Å²) in [6.45, 7) is 1.89. The summed E-state index contributed by atoms with van der Waals surface area (Å²) in [7, 11) is 0. The lowest BCUT2D eigenvalue weighted by atomic mass is 9.98. The first-order chi connectivity index (χ1) is 14.0. The highest BCUT2D eigenvalue weighted by molar-refractivity contribution is 5.71. The van der Waals surface area contributed by atoms with Crippen molar-refractivity contribution in [3.63, 3.8) is 0 Å². The number of hydrogen-bond donors (Lipinski definition) is 0. The van der Waals surface area contributed by atoms with Gasteiger partial charge in [0, 0.05) is 0 Å². The number of rotatable bonds is 8. The van der Waals surface area contributed by atoms with Crippen LogP contribution in [0.3, 0.4) is 0 Å². The molecule has 150 valence electrons.